The first kappa shape index (κ1) is 27.5. The Bertz CT molecular complexity index is 1170. The number of carboxylic acid groups (broad SMARTS) is 2. The molecule has 0 amide bonds. The Morgan fingerprint density at radius 3 is 2.11 bits per heavy atom. The molecule has 1 saturated heterocycles. The van der Waals surface area contributed by atoms with Crippen LogP contribution in [-0.4, -0.2) is 85.1 Å². The van der Waals surface area contributed by atoms with Crippen molar-refractivity contribution < 1.29 is 42.6 Å². The minimum atomic E-state index is -3.93. The van der Waals surface area contributed by atoms with Gasteiger partial charge >= 0.3 is 11.9 Å². The number of hydrogen-bond acceptors (Lipinski definition) is 9. The van der Waals surface area contributed by atoms with Crippen molar-refractivity contribution in [1.29, 1.82) is 0 Å². The summed E-state index contributed by atoms with van der Waals surface area (Å²) in [4.78, 5) is 30.6. The van der Waals surface area contributed by atoms with Gasteiger partial charge in [-0.05, 0) is 12.1 Å². The van der Waals surface area contributed by atoms with E-state index in [1.54, 1.807) is 14.2 Å². The number of aliphatic carboxylic acids is 2. The maximum Gasteiger partial charge on any atom is 0.414 e. The summed E-state index contributed by atoms with van der Waals surface area (Å²) >= 11 is 0. The van der Waals surface area contributed by atoms with Gasteiger partial charge in [0, 0.05) is 50.4 Å². The van der Waals surface area contributed by atoms with Crippen LogP contribution >= 0.6 is 0 Å². The second-order valence-electron chi connectivity index (χ2n) is 7.19. The Morgan fingerprint density at radius 2 is 1.60 bits per heavy atom. The summed E-state index contributed by atoms with van der Waals surface area (Å²) in [6, 6.07) is 11.0. The molecule has 0 spiro atoms. The molecule has 1 heterocycles. The van der Waals surface area contributed by atoms with E-state index in [0.29, 0.717) is 31.1 Å². The number of sulfonamides is 1. The summed E-state index contributed by atoms with van der Waals surface area (Å²) in [5.41, 5.74) is 0.571. The fourth-order valence-corrected chi connectivity index (χ4v) is 4.90. The molecule has 0 bridgehead atoms. The number of benzene rings is 2. The van der Waals surface area contributed by atoms with Crippen molar-refractivity contribution in [3.05, 3.63) is 58.1 Å². The van der Waals surface area contributed by atoms with Crippen molar-refractivity contribution in [2.75, 3.05) is 40.4 Å². The number of methoxy groups -OCH3 is 2. The first-order valence-corrected chi connectivity index (χ1v) is 11.6. The Morgan fingerprint density at radius 1 is 1.00 bits per heavy atom. The number of nitro benzene ring substituents is 1. The molecule has 1 fully saturated rings. The average Bonchev–Trinajstić information content (AvgIpc) is 2.85. The molecule has 35 heavy (non-hydrogen) atoms. The van der Waals surface area contributed by atoms with E-state index >= 15 is 0 Å². The molecule has 0 unspecified atom stereocenters. The fourth-order valence-electron chi connectivity index (χ4n) is 3.32. The molecule has 190 valence electrons. The second kappa shape index (κ2) is 12.1. The van der Waals surface area contributed by atoms with Gasteiger partial charge in [0.1, 0.15) is 11.5 Å². The van der Waals surface area contributed by atoms with E-state index in [-0.39, 0.29) is 18.0 Å². The van der Waals surface area contributed by atoms with Gasteiger partial charge < -0.3 is 19.7 Å². The van der Waals surface area contributed by atoms with E-state index in [4.69, 9.17) is 29.3 Å². The third kappa shape index (κ3) is 7.11. The zero-order chi connectivity index (χ0) is 26.2. The molecular formula is C21H25N3O10S. The molecule has 14 heteroatoms. The number of carboxylic acids is 2. The van der Waals surface area contributed by atoms with E-state index in [9.17, 15) is 18.5 Å². The number of nitro groups is 1. The smallest absolute Gasteiger partial charge is 0.414 e. The minimum absolute atomic E-state index is 0.257. The standard InChI is InChI=1S/C19H23N3O6S.C2H2O4/c1-27-16-8-7-15(18(13-16)28-2)14-20-9-11-21(12-10-20)29(25,26)19-6-4-3-5-17(19)22(23)24;3-1(4)2(5)6/h3-8,13H,9-12,14H2,1-2H3;(H,3,4)(H,5,6). The molecule has 3 rings (SSSR count). The molecule has 0 atom stereocenters. The third-order valence-corrected chi connectivity index (χ3v) is 7.03. The van der Waals surface area contributed by atoms with Crippen molar-refractivity contribution >= 4 is 27.6 Å². The van der Waals surface area contributed by atoms with E-state index in [2.05, 4.69) is 4.90 Å². The maximum absolute atomic E-state index is 12.9. The molecule has 0 saturated carbocycles. The summed E-state index contributed by atoms with van der Waals surface area (Å²) in [5, 5.41) is 26.0. The van der Waals surface area contributed by atoms with Crippen LogP contribution in [0.15, 0.2) is 47.4 Å². The summed E-state index contributed by atoms with van der Waals surface area (Å²) in [7, 11) is -0.751. The lowest BCUT2D eigenvalue weighted by Gasteiger charge is -2.34. The van der Waals surface area contributed by atoms with Crippen LogP contribution < -0.4 is 9.47 Å². The zero-order valence-corrected chi connectivity index (χ0v) is 19.8. The number of hydrogen-bond donors (Lipinski definition) is 2. The second-order valence-corrected chi connectivity index (χ2v) is 9.10. The lowest BCUT2D eigenvalue weighted by molar-refractivity contribution is -0.387. The van der Waals surface area contributed by atoms with Gasteiger partial charge in [0.2, 0.25) is 10.0 Å². The Hall–Kier alpha value is -3.75. The van der Waals surface area contributed by atoms with Crippen molar-refractivity contribution in [3.8, 4) is 11.5 Å². The Balaban J connectivity index is 0.000000641. The van der Waals surface area contributed by atoms with E-state index < -0.39 is 32.6 Å². The first-order valence-electron chi connectivity index (χ1n) is 10.1. The number of carbonyl (C=O) groups is 2. The molecule has 0 aromatic heterocycles. The van der Waals surface area contributed by atoms with E-state index in [1.165, 1.54) is 28.6 Å². The van der Waals surface area contributed by atoms with Crippen LogP contribution in [0.2, 0.25) is 0 Å². The van der Waals surface area contributed by atoms with Gasteiger partial charge in [0.25, 0.3) is 5.69 Å². The lowest BCUT2D eigenvalue weighted by Crippen LogP contribution is -2.48. The minimum Gasteiger partial charge on any atom is -0.497 e. The molecule has 1 aliphatic heterocycles. The highest BCUT2D eigenvalue weighted by Gasteiger charge is 2.33. The molecule has 0 aliphatic carbocycles. The number of para-hydroxylation sites is 1. The van der Waals surface area contributed by atoms with Crippen molar-refractivity contribution in [3.63, 3.8) is 0 Å². The van der Waals surface area contributed by atoms with Crippen molar-refractivity contribution in [1.82, 2.24) is 9.21 Å². The van der Waals surface area contributed by atoms with Gasteiger partial charge in [0.05, 0.1) is 19.1 Å². The summed E-state index contributed by atoms with van der Waals surface area (Å²) < 4.78 is 37.8. The lowest BCUT2D eigenvalue weighted by atomic mass is 10.1. The Kier molecular flexibility index (Phi) is 9.50. The predicted octanol–water partition coefficient (Wildman–Crippen LogP) is 1.27. The number of rotatable bonds is 7. The fraction of sp³-hybridized carbons (Fsp3) is 0.333. The molecule has 2 N–H and O–H groups in total. The van der Waals surface area contributed by atoms with Gasteiger partial charge in [-0.1, -0.05) is 18.2 Å². The van der Waals surface area contributed by atoms with Crippen LogP contribution in [0, 0.1) is 10.1 Å². The predicted molar refractivity (Wildman–Crippen MR) is 122 cm³/mol. The zero-order valence-electron chi connectivity index (χ0n) is 19.0. The summed E-state index contributed by atoms with van der Waals surface area (Å²) in [6.07, 6.45) is 0. The summed E-state index contributed by atoms with van der Waals surface area (Å²) in [6.45, 7) is 2.14. The van der Waals surface area contributed by atoms with Gasteiger partial charge in [-0.15, -0.1) is 0 Å². The maximum atomic E-state index is 12.9. The SMILES string of the molecule is COc1ccc(CN2CCN(S(=O)(=O)c3ccccc3[N+](=O)[O-])CC2)c(OC)c1.O=C(O)C(=O)O. The topological polar surface area (TPSA) is 177 Å². The van der Waals surface area contributed by atoms with Crippen LogP contribution in [0.25, 0.3) is 0 Å². The largest absolute Gasteiger partial charge is 0.497 e. The monoisotopic (exact) mass is 511 g/mol. The van der Waals surface area contributed by atoms with E-state index in [1.807, 2.05) is 18.2 Å². The molecule has 13 nitrogen and oxygen atoms in total. The van der Waals surface area contributed by atoms with Crippen molar-refractivity contribution in [2.24, 2.45) is 0 Å². The highest BCUT2D eigenvalue weighted by atomic mass is 32.2. The van der Waals surface area contributed by atoms with Crippen LogP contribution in [0.4, 0.5) is 5.69 Å². The van der Waals surface area contributed by atoms with Gasteiger partial charge in [-0.3, -0.25) is 15.0 Å². The number of nitrogens with zero attached hydrogens (tertiary/aromatic N) is 3. The van der Waals surface area contributed by atoms with Crippen molar-refractivity contribution in [2.45, 2.75) is 11.4 Å². The highest BCUT2D eigenvalue weighted by Crippen LogP contribution is 2.28. The molecule has 2 aromatic carbocycles. The quantitative estimate of drug-likeness (QED) is 0.311. The normalized spacial score (nSPS) is 14.3. The van der Waals surface area contributed by atoms with Gasteiger partial charge in [-0.2, -0.15) is 4.31 Å². The van der Waals surface area contributed by atoms with Gasteiger partial charge in [-0.25, -0.2) is 18.0 Å². The highest BCUT2D eigenvalue weighted by molar-refractivity contribution is 7.89. The van der Waals surface area contributed by atoms with Crippen LogP contribution in [0.3, 0.4) is 0 Å². The van der Waals surface area contributed by atoms with Crippen LogP contribution in [-0.2, 0) is 26.2 Å². The average molecular weight is 512 g/mol. The molecule has 1 aliphatic rings. The Labute approximate surface area is 201 Å². The summed E-state index contributed by atoms with van der Waals surface area (Å²) in [5.74, 6) is -2.24. The number of ether oxygens (including phenoxy) is 2. The third-order valence-electron chi connectivity index (χ3n) is 5.08. The molecule has 2 aromatic rings. The van der Waals surface area contributed by atoms with Crippen LogP contribution in [0.1, 0.15) is 5.56 Å². The molecule has 0 radical (unpaired) electrons. The molecular weight excluding hydrogens is 486 g/mol. The van der Waals surface area contributed by atoms with Gasteiger partial charge in [0.15, 0.2) is 4.90 Å². The van der Waals surface area contributed by atoms with Crippen LogP contribution in [0.5, 0.6) is 11.5 Å². The number of piperazine rings is 1. The first-order chi connectivity index (χ1) is 16.5. The van der Waals surface area contributed by atoms with E-state index in [0.717, 1.165) is 5.56 Å².